The van der Waals surface area contributed by atoms with Gasteiger partial charge in [-0.15, -0.1) is 0 Å². The summed E-state index contributed by atoms with van der Waals surface area (Å²) in [6.07, 6.45) is 7.67. The molecule has 1 aromatic heterocycles. The van der Waals surface area contributed by atoms with Crippen LogP contribution >= 0.6 is 27.5 Å². The Labute approximate surface area is 138 Å². The molecular weight excluding hydrogens is 354 g/mol. The Morgan fingerprint density at radius 1 is 1.29 bits per heavy atom. The Kier molecular flexibility index (Phi) is 6.12. The maximum absolute atomic E-state index is 11.9. The van der Waals surface area contributed by atoms with Gasteiger partial charge in [-0.1, -0.05) is 44.2 Å². The van der Waals surface area contributed by atoms with Gasteiger partial charge in [0.2, 0.25) is 0 Å². The van der Waals surface area contributed by atoms with E-state index in [-0.39, 0.29) is 5.97 Å². The molecule has 2 aromatic rings. The summed E-state index contributed by atoms with van der Waals surface area (Å²) in [4.78, 5) is 15.0. The lowest BCUT2D eigenvalue weighted by molar-refractivity contribution is -0.134. The topological polar surface area (TPSA) is 42.1 Å². The molecule has 0 aliphatic heterocycles. The van der Waals surface area contributed by atoms with Crippen LogP contribution in [0.4, 0.5) is 0 Å². The van der Waals surface area contributed by atoms with Gasteiger partial charge in [0.05, 0.1) is 15.9 Å². The van der Waals surface area contributed by atoms with Crippen molar-refractivity contribution in [2.75, 3.05) is 0 Å². The predicted molar refractivity (Wildman–Crippen MR) is 90.0 cm³/mol. The number of benzene rings is 1. The summed E-state index contributed by atoms with van der Waals surface area (Å²) in [6, 6.07) is 3.76. The number of hydrogen-bond donors (Lipinski definition) is 1. The molecule has 0 unspecified atom stereocenters. The van der Waals surface area contributed by atoms with Crippen molar-refractivity contribution in [3.8, 4) is 5.75 Å². The molecule has 0 atom stereocenters. The van der Waals surface area contributed by atoms with E-state index in [0.717, 1.165) is 28.2 Å². The number of esters is 1. The summed E-state index contributed by atoms with van der Waals surface area (Å²) in [5.74, 6) is 0.290. The first-order chi connectivity index (χ1) is 10.1. The molecule has 0 radical (unpaired) electrons. The zero-order valence-electron chi connectivity index (χ0n) is 12.0. The maximum atomic E-state index is 11.9. The number of hydrogen-bond acceptors (Lipinski definition) is 2. The second kappa shape index (κ2) is 7.85. The number of aromatic amines is 1. The molecule has 0 bridgehead atoms. The number of rotatable bonds is 7. The van der Waals surface area contributed by atoms with Crippen molar-refractivity contribution in [2.45, 2.75) is 45.4 Å². The molecule has 0 saturated carbocycles. The van der Waals surface area contributed by atoms with Gasteiger partial charge in [0, 0.05) is 17.1 Å². The summed E-state index contributed by atoms with van der Waals surface area (Å²) in [5, 5.41) is 1.30. The largest absolute Gasteiger partial charge is 0.424 e. The molecule has 1 aromatic carbocycles. The highest BCUT2D eigenvalue weighted by Crippen LogP contribution is 2.37. The van der Waals surface area contributed by atoms with Crippen LogP contribution in [0, 0.1) is 0 Å². The monoisotopic (exact) mass is 371 g/mol. The van der Waals surface area contributed by atoms with Crippen LogP contribution in [0.5, 0.6) is 5.75 Å². The second-order valence-corrected chi connectivity index (χ2v) is 6.31. The van der Waals surface area contributed by atoms with E-state index >= 15 is 0 Å². The molecule has 0 aliphatic rings. The zero-order chi connectivity index (χ0) is 15.2. The van der Waals surface area contributed by atoms with E-state index in [9.17, 15) is 4.79 Å². The first-order valence-electron chi connectivity index (χ1n) is 7.29. The molecule has 0 aliphatic carbocycles. The number of carbonyl (C=O) groups excluding carboxylic acids is 1. The zero-order valence-corrected chi connectivity index (χ0v) is 14.4. The average Bonchev–Trinajstić information content (AvgIpc) is 2.86. The molecule has 0 spiro atoms. The lowest BCUT2D eigenvalue weighted by atomic mass is 10.1. The number of unbranched alkanes of at least 4 members (excludes halogenated alkanes) is 4. The van der Waals surface area contributed by atoms with E-state index < -0.39 is 0 Å². The van der Waals surface area contributed by atoms with E-state index in [1.807, 2.05) is 12.1 Å². The van der Waals surface area contributed by atoms with Gasteiger partial charge in [-0.05, 0) is 34.5 Å². The van der Waals surface area contributed by atoms with E-state index in [0.29, 0.717) is 17.2 Å². The van der Waals surface area contributed by atoms with Crippen LogP contribution in [0.2, 0.25) is 5.02 Å². The van der Waals surface area contributed by atoms with Gasteiger partial charge in [0.15, 0.2) is 5.75 Å². The molecule has 3 nitrogen and oxygen atoms in total. The maximum Gasteiger partial charge on any atom is 0.311 e. The molecule has 1 N–H and O–H groups in total. The van der Waals surface area contributed by atoms with Gasteiger partial charge >= 0.3 is 5.97 Å². The van der Waals surface area contributed by atoms with Crippen LogP contribution in [-0.2, 0) is 4.79 Å². The summed E-state index contributed by atoms with van der Waals surface area (Å²) < 4.78 is 6.22. The molecule has 114 valence electrons. The molecule has 21 heavy (non-hydrogen) atoms. The molecule has 0 amide bonds. The highest BCUT2D eigenvalue weighted by atomic mass is 79.9. The Bertz CT molecular complexity index is 624. The van der Waals surface area contributed by atoms with Crippen molar-refractivity contribution in [1.29, 1.82) is 0 Å². The van der Waals surface area contributed by atoms with Crippen molar-refractivity contribution >= 4 is 44.4 Å². The van der Waals surface area contributed by atoms with Crippen LogP contribution < -0.4 is 4.74 Å². The molecular formula is C16H19BrClNO2. The van der Waals surface area contributed by atoms with Crippen LogP contribution in [0.1, 0.15) is 45.4 Å². The van der Waals surface area contributed by atoms with Gasteiger partial charge in [0.1, 0.15) is 0 Å². The number of carbonyl (C=O) groups is 1. The smallest absolute Gasteiger partial charge is 0.311 e. The van der Waals surface area contributed by atoms with Crippen molar-refractivity contribution < 1.29 is 9.53 Å². The Balaban J connectivity index is 1.97. The molecule has 0 fully saturated rings. The third kappa shape index (κ3) is 4.24. The Morgan fingerprint density at radius 2 is 2.05 bits per heavy atom. The van der Waals surface area contributed by atoms with Crippen LogP contribution in [0.3, 0.4) is 0 Å². The minimum absolute atomic E-state index is 0.205. The van der Waals surface area contributed by atoms with E-state index in [1.54, 1.807) is 6.20 Å². The van der Waals surface area contributed by atoms with Gasteiger partial charge in [0.25, 0.3) is 0 Å². The quantitative estimate of drug-likeness (QED) is 0.489. The summed E-state index contributed by atoms with van der Waals surface area (Å²) in [6.45, 7) is 2.17. The SMILES string of the molecule is CCCCCCCC(=O)Oc1c[nH]c2ccc(Br)c(Cl)c12. The highest BCUT2D eigenvalue weighted by molar-refractivity contribution is 9.10. The van der Waals surface area contributed by atoms with Crippen LogP contribution in [0.25, 0.3) is 10.9 Å². The number of fused-ring (bicyclic) bond motifs is 1. The number of H-pyrrole nitrogens is 1. The standard InChI is InChI=1S/C16H19BrClNO2/c1-2-3-4-5-6-7-14(20)21-13-10-19-12-9-8-11(17)16(18)15(12)13/h8-10,19H,2-7H2,1H3. The second-order valence-electron chi connectivity index (χ2n) is 5.08. The fourth-order valence-electron chi connectivity index (χ4n) is 2.25. The van der Waals surface area contributed by atoms with E-state index in [4.69, 9.17) is 16.3 Å². The molecule has 1 heterocycles. The minimum Gasteiger partial charge on any atom is -0.424 e. The number of halogens is 2. The predicted octanol–water partition coefficient (Wildman–Crippen LogP) is 5.85. The van der Waals surface area contributed by atoms with Gasteiger partial charge in [-0.3, -0.25) is 4.79 Å². The Morgan fingerprint density at radius 3 is 2.81 bits per heavy atom. The highest BCUT2D eigenvalue weighted by Gasteiger charge is 2.14. The lowest BCUT2D eigenvalue weighted by Crippen LogP contribution is -2.07. The number of nitrogens with one attached hydrogen (secondary N) is 1. The Hall–Kier alpha value is -1.000. The van der Waals surface area contributed by atoms with Crippen LogP contribution in [0.15, 0.2) is 22.8 Å². The van der Waals surface area contributed by atoms with Crippen molar-refractivity contribution in [2.24, 2.45) is 0 Å². The van der Waals surface area contributed by atoms with Gasteiger partial charge in [-0.2, -0.15) is 0 Å². The summed E-state index contributed by atoms with van der Waals surface area (Å²) >= 11 is 9.64. The molecule has 2 rings (SSSR count). The first kappa shape index (κ1) is 16.4. The molecule has 5 heteroatoms. The van der Waals surface area contributed by atoms with Gasteiger partial charge < -0.3 is 9.72 Å². The fourth-order valence-corrected chi connectivity index (χ4v) is 2.84. The van der Waals surface area contributed by atoms with Gasteiger partial charge in [-0.25, -0.2) is 0 Å². The lowest BCUT2D eigenvalue weighted by Gasteiger charge is -2.05. The minimum atomic E-state index is -0.205. The fraction of sp³-hybridized carbons (Fsp3) is 0.438. The van der Waals surface area contributed by atoms with Crippen molar-refractivity contribution in [3.63, 3.8) is 0 Å². The third-order valence-electron chi connectivity index (χ3n) is 3.41. The van der Waals surface area contributed by atoms with E-state index in [2.05, 4.69) is 27.8 Å². The van der Waals surface area contributed by atoms with Crippen molar-refractivity contribution in [3.05, 3.63) is 27.8 Å². The van der Waals surface area contributed by atoms with E-state index in [1.165, 1.54) is 19.3 Å². The number of aromatic nitrogens is 1. The van der Waals surface area contributed by atoms with Crippen LogP contribution in [-0.4, -0.2) is 11.0 Å². The summed E-state index contributed by atoms with van der Waals surface area (Å²) in [7, 11) is 0. The summed E-state index contributed by atoms with van der Waals surface area (Å²) in [5.41, 5.74) is 0.856. The average molecular weight is 373 g/mol. The first-order valence-corrected chi connectivity index (χ1v) is 8.46. The van der Waals surface area contributed by atoms with Crippen molar-refractivity contribution in [1.82, 2.24) is 4.98 Å². The third-order valence-corrected chi connectivity index (χ3v) is 4.69. The molecule has 0 saturated heterocycles. The normalized spacial score (nSPS) is 11.0. The number of ether oxygens (including phenoxy) is 1.